The summed E-state index contributed by atoms with van der Waals surface area (Å²) in [6, 6.07) is 13.2. The molecule has 0 aliphatic carbocycles. The third-order valence-electron chi connectivity index (χ3n) is 4.95. The monoisotopic (exact) mass is 496 g/mol. The molecule has 0 fully saturated rings. The van der Waals surface area contributed by atoms with E-state index in [-0.39, 0.29) is 11.4 Å². The van der Waals surface area contributed by atoms with Crippen molar-refractivity contribution in [2.24, 2.45) is 9.39 Å². The number of rotatable bonds is 8. The van der Waals surface area contributed by atoms with Gasteiger partial charge in [0.2, 0.25) is 5.17 Å². The second-order valence-electron chi connectivity index (χ2n) is 7.21. The zero-order valence-electron chi connectivity index (χ0n) is 19.0. The smallest absolute Gasteiger partial charge is 0.283 e. The Kier molecular flexibility index (Phi) is 7.59. The van der Waals surface area contributed by atoms with Crippen LogP contribution in [0.15, 0.2) is 57.4 Å². The number of thioether (sulfide) groups is 1. The molecule has 0 bridgehead atoms. The number of nitrogens with one attached hydrogen (secondary N) is 1. The van der Waals surface area contributed by atoms with E-state index in [0.717, 1.165) is 23.3 Å². The van der Waals surface area contributed by atoms with Crippen LogP contribution in [0.2, 0.25) is 0 Å². The minimum absolute atomic E-state index is 0.0553. The highest BCUT2D eigenvalue weighted by Crippen LogP contribution is 2.33. The fourth-order valence-corrected chi connectivity index (χ4v) is 4.78. The van der Waals surface area contributed by atoms with E-state index in [1.807, 2.05) is 50.4 Å². The summed E-state index contributed by atoms with van der Waals surface area (Å²) in [5.74, 6) is 1.55. The summed E-state index contributed by atoms with van der Waals surface area (Å²) in [5, 5.41) is 9.57. The second kappa shape index (κ2) is 10.8. The first-order chi connectivity index (χ1) is 16.5. The molecule has 34 heavy (non-hydrogen) atoms. The molecule has 0 spiro atoms. The van der Waals surface area contributed by atoms with Crippen LogP contribution in [0.5, 0.6) is 17.2 Å². The van der Waals surface area contributed by atoms with E-state index in [0.29, 0.717) is 47.2 Å². The third-order valence-corrected chi connectivity index (χ3v) is 6.40. The molecule has 0 radical (unpaired) electrons. The number of hydrogen-bond donors (Lipinski definition) is 1. The zero-order valence-corrected chi connectivity index (χ0v) is 20.7. The summed E-state index contributed by atoms with van der Waals surface area (Å²) in [6.07, 6.45) is 3.51. The van der Waals surface area contributed by atoms with Crippen molar-refractivity contribution in [2.45, 2.75) is 13.8 Å². The minimum atomic E-state index is -0.465. The lowest BCUT2D eigenvalue weighted by Crippen LogP contribution is -2.41. The van der Waals surface area contributed by atoms with Gasteiger partial charge >= 0.3 is 0 Å². The number of amidine groups is 3. The van der Waals surface area contributed by atoms with Crippen LogP contribution in [0.3, 0.4) is 0 Å². The van der Waals surface area contributed by atoms with Crippen LogP contribution in [0.25, 0.3) is 6.08 Å². The zero-order chi connectivity index (χ0) is 24.1. The Morgan fingerprint density at radius 3 is 2.59 bits per heavy atom. The Hall–Kier alpha value is -3.24. The molecular weight excluding hydrogens is 472 g/mol. The van der Waals surface area contributed by atoms with Crippen molar-refractivity contribution in [1.29, 1.82) is 5.41 Å². The first-order valence-corrected chi connectivity index (χ1v) is 12.6. The summed E-state index contributed by atoms with van der Waals surface area (Å²) in [5.41, 5.74) is 1.96. The Bertz CT molecular complexity index is 1210. The van der Waals surface area contributed by atoms with Gasteiger partial charge in [-0.25, -0.2) is 4.90 Å². The molecule has 10 heteroatoms. The summed E-state index contributed by atoms with van der Waals surface area (Å²) >= 11 is 2.50. The third kappa shape index (κ3) is 5.13. The van der Waals surface area contributed by atoms with Gasteiger partial charge in [-0.2, -0.15) is 9.39 Å². The van der Waals surface area contributed by atoms with Crippen LogP contribution in [0.1, 0.15) is 18.1 Å². The van der Waals surface area contributed by atoms with Gasteiger partial charge in [-0.05, 0) is 55.5 Å². The van der Waals surface area contributed by atoms with E-state index in [4.69, 9.17) is 19.6 Å². The van der Waals surface area contributed by atoms with Crippen molar-refractivity contribution in [2.75, 3.05) is 26.1 Å². The molecule has 1 N–H and O–H groups in total. The fraction of sp³-hybridized carbons (Fsp3) is 0.250. The Balaban J connectivity index is 1.48. The molecule has 0 unspecified atom stereocenters. The number of amides is 1. The number of nitrogens with zero attached hydrogens (tertiary/aromatic N) is 3. The average molecular weight is 497 g/mol. The lowest BCUT2D eigenvalue weighted by molar-refractivity contribution is -0.114. The van der Waals surface area contributed by atoms with Gasteiger partial charge in [-0.3, -0.25) is 10.2 Å². The van der Waals surface area contributed by atoms with Crippen molar-refractivity contribution in [3.8, 4) is 17.2 Å². The number of aryl methyl sites for hydroxylation is 1. The highest BCUT2D eigenvalue weighted by atomic mass is 32.2. The van der Waals surface area contributed by atoms with Crippen molar-refractivity contribution in [3.63, 3.8) is 0 Å². The largest absolute Gasteiger partial charge is 0.490 e. The number of ether oxygens (including phenoxy) is 3. The van der Waals surface area contributed by atoms with Crippen LogP contribution < -0.4 is 14.2 Å². The van der Waals surface area contributed by atoms with Gasteiger partial charge < -0.3 is 14.2 Å². The highest BCUT2D eigenvalue weighted by molar-refractivity contribution is 8.18. The second-order valence-corrected chi connectivity index (χ2v) is 8.72. The van der Waals surface area contributed by atoms with Gasteiger partial charge in [0.1, 0.15) is 24.8 Å². The topological polar surface area (TPSA) is 96.6 Å². The average Bonchev–Trinajstić information content (AvgIpc) is 3.24. The van der Waals surface area contributed by atoms with Crippen molar-refractivity contribution < 1.29 is 19.0 Å². The molecule has 1 amide bonds. The maximum Gasteiger partial charge on any atom is 0.283 e. The maximum absolute atomic E-state index is 12.6. The van der Waals surface area contributed by atoms with Crippen LogP contribution in [0.4, 0.5) is 0 Å². The number of benzene rings is 2. The SMILES string of the molecule is CCOc1cc(/C=C2/C(=N)N3C(SC)=NSC3=NC2=O)ccc1OCCOc1ccccc1C. The molecule has 2 heterocycles. The van der Waals surface area contributed by atoms with E-state index >= 15 is 0 Å². The molecule has 0 saturated heterocycles. The maximum atomic E-state index is 12.6. The summed E-state index contributed by atoms with van der Waals surface area (Å²) in [7, 11) is 0. The normalized spacial score (nSPS) is 16.3. The number of para-hydroxylation sites is 1. The van der Waals surface area contributed by atoms with Gasteiger partial charge in [0.05, 0.1) is 24.1 Å². The van der Waals surface area contributed by atoms with E-state index in [1.165, 1.54) is 11.8 Å². The van der Waals surface area contributed by atoms with Gasteiger partial charge in [0.15, 0.2) is 16.7 Å². The van der Waals surface area contributed by atoms with Crippen LogP contribution >= 0.6 is 23.7 Å². The molecule has 0 saturated carbocycles. The number of carbonyl (C=O) groups excluding carboxylic acids is 1. The standard InChI is InChI=1S/C24H24N4O4S2/c1-4-30-20-14-16(9-10-19(20)32-12-11-31-18-8-6-5-7-15(18)2)13-17-21(25)28-23(26-22(17)29)34-27-24(28)33-3/h5-10,13-14,25H,4,11-12H2,1-3H3/b17-13-,25-21?. The van der Waals surface area contributed by atoms with Gasteiger partial charge in [0, 0.05) is 0 Å². The van der Waals surface area contributed by atoms with Crippen LogP contribution in [-0.4, -0.2) is 53.1 Å². The fourth-order valence-electron chi connectivity index (χ4n) is 3.32. The van der Waals surface area contributed by atoms with Gasteiger partial charge in [-0.1, -0.05) is 36.0 Å². The molecule has 8 nitrogen and oxygen atoms in total. The van der Waals surface area contributed by atoms with Crippen molar-refractivity contribution in [1.82, 2.24) is 4.90 Å². The predicted octanol–water partition coefficient (Wildman–Crippen LogP) is 4.79. The van der Waals surface area contributed by atoms with E-state index in [9.17, 15) is 4.79 Å². The van der Waals surface area contributed by atoms with E-state index in [2.05, 4.69) is 9.39 Å². The lowest BCUT2D eigenvalue weighted by atomic mass is 10.1. The summed E-state index contributed by atoms with van der Waals surface area (Å²) in [4.78, 5) is 18.2. The molecule has 0 atom stereocenters. The molecule has 0 aromatic heterocycles. The molecule has 2 aromatic carbocycles. The Morgan fingerprint density at radius 2 is 1.85 bits per heavy atom. The van der Waals surface area contributed by atoms with E-state index < -0.39 is 5.91 Å². The first kappa shape index (κ1) is 23.9. The quantitative estimate of drug-likeness (QED) is 0.319. The van der Waals surface area contributed by atoms with Crippen LogP contribution in [0, 0.1) is 12.3 Å². The Morgan fingerprint density at radius 1 is 1.09 bits per heavy atom. The van der Waals surface area contributed by atoms with Gasteiger partial charge in [0.25, 0.3) is 5.91 Å². The lowest BCUT2D eigenvalue weighted by Gasteiger charge is -2.23. The van der Waals surface area contributed by atoms with E-state index in [1.54, 1.807) is 23.1 Å². The molecule has 2 aliphatic heterocycles. The summed E-state index contributed by atoms with van der Waals surface area (Å²) < 4.78 is 21.7. The first-order valence-electron chi connectivity index (χ1n) is 10.6. The highest BCUT2D eigenvalue weighted by Gasteiger charge is 2.37. The number of hydrogen-bond acceptors (Lipinski definition) is 8. The number of fused-ring (bicyclic) bond motifs is 1. The van der Waals surface area contributed by atoms with Crippen LogP contribution in [-0.2, 0) is 4.79 Å². The van der Waals surface area contributed by atoms with Gasteiger partial charge in [-0.15, -0.1) is 0 Å². The number of aliphatic imine (C=N–C) groups is 1. The number of carbonyl (C=O) groups is 1. The molecule has 2 aromatic rings. The molecule has 4 rings (SSSR count). The van der Waals surface area contributed by atoms with Crippen molar-refractivity contribution in [3.05, 3.63) is 59.2 Å². The van der Waals surface area contributed by atoms with Crippen molar-refractivity contribution >= 4 is 51.9 Å². The molecule has 2 aliphatic rings. The Labute approximate surface area is 206 Å². The summed E-state index contributed by atoms with van der Waals surface area (Å²) in [6.45, 7) is 5.08. The molecule has 176 valence electrons. The predicted molar refractivity (Wildman–Crippen MR) is 138 cm³/mol. The molecular formula is C24H24N4O4S2. The minimum Gasteiger partial charge on any atom is -0.490 e.